The molecular formula is C11H22N2O3. The van der Waals surface area contributed by atoms with E-state index in [4.69, 9.17) is 5.73 Å². The second-order valence-electron chi connectivity index (χ2n) is 5.31. The Morgan fingerprint density at radius 1 is 1.56 bits per heavy atom. The average Bonchev–Trinajstić information content (AvgIpc) is 2.61. The van der Waals surface area contributed by atoms with E-state index in [-0.39, 0.29) is 28.8 Å². The van der Waals surface area contributed by atoms with Crippen molar-refractivity contribution in [3.05, 3.63) is 10.1 Å². The normalized spacial score (nSPS) is 41.5. The summed E-state index contributed by atoms with van der Waals surface area (Å²) in [5.74, 6) is -0.0163. The summed E-state index contributed by atoms with van der Waals surface area (Å²) in [6.07, 6.45) is 0.282. The van der Waals surface area contributed by atoms with Crippen LogP contribution < -0.4 is 5.73 Å². The zero-order valence-electron chi connectivity index (χ0n) is 10.4. The Morgan fingerprint density at radius 3 is 2.38 bits per heavy atom. The van der Waals surface area contributed by atoms with E-state index in [2.05, 4.69) is 0 Å². The molecule has 4 unspecified atom stereocenters. The highest BCUT2D eigenvalue weighted by Gasteiger charge is 2.75. The Labute approximate surface area is 96.2 Å². The fourth-order valence-electron chi connectivity index (χ4n) is 3.52. The number of rotatable bonds is 5. The van der Waals surface area contributed by atoms with E-state index in [1.165, 1.54) is 0 Å². The molecule has 0 radical (unpaired) electrons. The van der Waals surface area contributed by atoms with Gasteiger partial charge >= 0.3 is 0 Å². The van der Waals surface area contributed by atoms with Gasteiger partial charge in [-0.25, -0.2) is 0 Å². The molecule has 3 N–H and O–H groups in total. The molecule has 1 fully saturated rings. The Morgan fingerprint density at radius 2 is 2.06 bits per heavy atom. The minimum absolute atomic E-state index is 0.0163. The Kier molecular flexibility index (Phi) is 3.32. The van der Waals surface area contributed by atoms with Crippen LogP contribution in [0.2, 0.25) is 0 Å². The lowest BCUT2D eigenvalue weighted by molar-refractivity contribution is -0.492. The van der Waals surface area contributed by atoms with Crippen LogP contribution in [0.15, 0.2) is 0 Å². The first-order valence-corrected chi connectivity index (χ1v) is 5.79. The molecule has 1 saturated carbocycles. The van der Waals surface area contributed by atoms with Crippen LogP contribution in [0.4, 0.5) is 0 Å². The molecule has 0 bridgehead atoms. The number of hydrogen-bond acceptors (Lipinski definition) is 4. The Bertz CT molecular complexity index is 295. The minimum Gasteiger partial charge on any atom is -0.393 e. The third-order valence-corrected chi connectivity index (χ3v) is 4.80. The van der Waals surface area contributed by atoms with Crippen LogP contribution in [0.5, 0.6) is 0 Å². The van der Waals surface area contributed by atoms with Crippen molar-refractivity contribution in [3.8, 4) is 0 Å². The van der Waals surface area contributed by atoms with Gasteiger partial charge in [0.25, 0.3) is 0 Å². The van der Waals surface area contributed by atoms with Gasteiger partial charge < -0.3 is 10.8 Å². The maximum Gasteiger partial charge on any atom is 0.211 e. The summed E-state index contributed by atoms with van der Waals surface area (Å²) in [7, 11) is 0. The lowest BCUT2D eigenvalue weighted by atomic mass is 9.78. The average molecular weight is 230 g/mol. The summed E-state index contributed by atoms with van der Waals surface area (Å²) in [4.78, 5) is 10.4. The molecule has 1 aliphatic rings. The first-order valence-electron chi connectivity index (χ1n) is 5.79. The fraction of sp³-hybridized carbons (Fsp3) is 1.00. The highest BCUT2D eigenvalue weighted by atomic mass is 16.6. The van der Waals surface area contributed by atoms with Crippen molar-refractivity contribution in [1.82, 2.24) is 0 Å². The van der Waals surface area contributed by atoms with Gasteiger partial charge in [0.15, 0.2) is 0 Å². The summed E-state index contributed by atoms with van der Waals surface area (Å²) in [6, 6.07) is -0.194. The molecule has 0 heterocycles. The number of nitrogens with zero attached hydrogens (tertiary/aromatic N) is 1. The quantitative estimate of drug-likeness (QED) is 0.545. The largest absolute Gasteiger partial charge is 0.393 e. The first kappa shape index (κ1) is 13.4. The monoisotopic (exact) mass is 230 g/mol. The molecule has 0 aromatic carbocycles. The van der Waals surface area contributed by atoms with Crippen LogP contribution in [0.25, 0.3) is 0 Å². The van der Waals surface area contributed by atoms with Gasteiger partial charge in [0.05, 0.1) is 11.5 Å². The van der Waals surface area contributed by atoms with Crippen LogP contribution in [0.3, 0.4) is 0 Å². The van der Waals surface area contributed by atoms with Crippen LogP contribution >= 0.6 is 0 Å². The molecular weight excluding hydrogens is 208 g/mol. The van der Waals surface area contributed by atoms with Gasteiger partial charge in [0.2, 0.25) is 6.54 Å². The highest BCUT2D eigenvalue weighted by molar-refractivity contribution is 5.24. The van der Waals surface area contributed by atoms with Crippen molar-refractivity contribution in [1.29, 1.82) is 0 Å². The minimum atomic E-state index is -0.487. The predicted molar refractivity (Wildman–Crippen MR) is 61.5 cm³/mol. The van der Waals surface area contributed by atoms with Crippen LogP contribution in [-0.2, 0) is 0 Å². The molecule has 0 amide bonds. The standard InChI is InChI=1S/C11H22N2O3/c1-5-11(7(2)8(3)14)9(12)10(11,4)6-13(15)16/h7-9,14H,5-6,12H2,1-4H3/t7-,8?,9?,10?,11?/m1/s1. The first-order chi connectivity index (χ1) is 7.24. The predicted octanol–water partition coefficient (Wildman–Crippen LogP) is 1.02. The van der Waals surface area contributed by atoms with E-state index < -0.39 is 11.5 Å². The third kappa shape index (κ3) is 1.53. The van der Waals surface area contributed by atoms with Gasteiger partial charge in [0, 0.05) is 16.4 Å². The molecule has 5 atom stereocenters. The Hall–Kier alpha value is -0.680. The van der Waals surface area contributed by atoms with Gasteiger partial charge in [-0.1, -0.05) is 20.8 Å². The van der Waals surface area contributed by atoms with Crippen molar-refractivity contribution < 1.29 is 10.0 Å². The van der Waals surface area contributed by atoms with Crippen LogP contribution in [-0.4, -0.2) is 28.7 Å². The van der Waals surface area contributed by atoms with E-state index in [0.717, 1.165) is 6.42 Å². The number of nitrogens with two attached hydrogens (primary N) is 1. The topological polar surface area (TPSA) is 89.4 Å². The van der Waals surface area contributed by atoms with Crippen molar-refractivity contribution in [2.24, 2.45) is 22.5 Å². The Balaban J connectivity index is 2.96. The molecule has 16 heavy (non-hydrogen) atoms. The lowest BCUT2D eigenvalue weighted by Crippen LogP contribution is -2.31. The third-order valence-electron chi connectivity index (χ3n) is 4.80. The second-order valence-corrected chi connectivity index (χ2v) is 5.31. The molecule has 0 spiro atoms. The number of nitro groups is 1. The smallest absolute Gasteiger partial charge is 0.211 e. The molecule has 1 rings (SSSR count). The van der Waals surface area contributed by atoms with Gasteiger partial charge in [-0.2, -0.15) is 0 Å². The van der Waals surface area contributed by atoms with Crippen molar-refractivity contribution in [2.75, 3.05) is 6.54 Å². The van der Waals surface area contributed by atoms with Gasteiger partial charge in [0.1, 0.15) is 0 Å². The van der Waals surface area contributed by atoms with E-state index in [1.807, 2.05) is 20.8 Å². The second kappa shape index (κ2) is 3.96. The summed E-state index contributed by atoms with van der Waals surface area (Å²) >= 11 is 0. The van der Waals surface area contributed by atoms with E-state index in [1.54, 1.807) is 6.92 Å². The van der Waals surface area contributed by atoms with Gasteiger partial charge in [-0.05, 0) is 19.3 Å². The van der Waals surface area contributed by atoms with E-state index in [0.29, 0.717) is 0 Å². The van der Waals surface area contributed by atoms with Gasteiger partial charge in [-0.3, -0.25) is 10.1 Å². The molecule has 0 aliphatic heterocycles. The number of hydrogen-bond donors (Lipinski definition) is 2. The lowest BCUT2D eigenvalue weighted by Gasteiger charge is -2.28. The van der Waals surface area contributed by atoms with Gasteiger partial charge in [-0.15, -0.1) is 0 Å². The highest BCUT2D eigenvalue weighted by Crippen LogP contribution is 2.68. The summed E-state index contributed by atoms with van der Waals surface area (Å²) < 4.78 is 0. The van der Waals surface area contributed by atoms with Crippen molar-refractivity contribution >= 4 is 0 Å². The summed E-state index contributed by atoms with van der Waals surface area (Å²) in [5, 5.41) is 20.4. The van der Waals surface area contributed by atoms with Crippen LogP contribution in [0, 0.1) is 26.9 Å². The van der Waals surface area contributed by atoms with E-state index in [9.17, 15) is 15.2 Å². The molecule has 5 nitrogen and oxygen atoms in total. The maximum absolute atomic E-state index is 10.7. The van der Waals surface area contributed by atoms with Crippen molar-refractivity contribution in [2.45, 2.75) is 46.3 Å². The molecule has 0 saturated heterocycles. The number of aliphatic hydroxyl groups excluding tert-OH is 1. The fourth-order valence-corrected chi connectivity index (χ4v) is 3.52. The van der Waals surface area contributed by atoms with Crippen molar-refractivity contribution in [3.63, 3.8) is 0 Å². The van der Waals surface area contributed by atoms with Crippen LogP contribution in [0.1, 0.15) is 34.1 Å². The SMILES string of the molecule is CCC1([C@H](C)C(C)O)C(N)C1(C)C[N+](=O)[O-]. The summed E-state index contributed by atoms with van der Waals surface area (Å²) in [6.45, 7) is 7.39. The molecule has 94 valence electrons. The molecule has 5 heteroatoms. The zero-order chi connectivity index (χ0) is 12.7. The number of aliphatic hydroxyl groups is 1. The summed E-state index contributed by atoms with van der Waals surface area (Å²) in [5.41, 5.74) is 5.28. The molecule has 0 aromatic rings. The zero-order valence-corrected chi connectivity index (χ0v) is 10.4. The molecule has 1 aliphatic carbocycles. The van der Waals surface area contributed by atoms with E-state index >= 15 is 0 Å². The molecule has 0 aromatic heterocycles. The maximum atomic E-state index is 10.7.